The second-order valence-corrected chi connectivity index (χ2v) is 9.41. The van der Waals surface area contributed by atoms with E-state index in [1.165, 1.54) is 5.06 Å². The van der Waals surface area contributed by atoms with Gasteiger partial charge in [0.25, 0.3) is 5.91 Å². The number of unbranched alkanes of at least 4 members (excludes halogenated alkanes) is 1. The highest BCUT2D eigenvalue weighted by molar-refractivity contribution is 5.78. The van der Waals surface area contributed by atoms with E-state index in [0.29, 0.717) is 36.9 Å². The minimum atomic E-state index is -0.913. The van der Waals surface area contributed by atoms with Crippen LogP contribution in [0.3, 0.4) is 0 Å². The Balaban J connectivity index is 1.67. The summed E-state index contributed by atoms with van der Waals surface area (Å²) < 4.78 is 16.3. The van der Waals surface area contributed by atoms with Gasteiger partial charge in [0.1, 0.15) is 5.75 Å². The number of carbonyl (C=O) groups is 2. The third-order valence-electron chi connectivity index (χ3n) is 6.95. The lowest BCUT2D eigenvalue weighted by atomic mass is 9.82. The molecule has 1 saturated heterocycles. The van der Waals surface area contributed by atoms with Gasteiger partial charge in [-0.25, -0.2) is 5.06 Å². The molecule has 2 aromatic carbocycles. The lowest BCUT2D eigenvalue weighted by Crippen LogP contribution is -2.41. The van der Waals surface area contributed by atoms with Crippen molar-refractivity contribution in [3.8, 4) is 17.2 Å². The Bertz CT molecular complexity index is 1070. The van der Waals surface area contributed by atoms with Crippen molar-refractivity contribution in [2.75, 3.05) is 40.1 Å². The molecule has 4 rings (SSSR count). The van der Waals surface area contributed by atoms with E-state index in [2.05, 4.69) is 6.92 Å². The van der Waals surface area contributed by atoms with Crippen LogP contribution in [0.2, 0.25) is 0 Å². The van der Waals surface area contributed by atoms with Crippen molar-refractivity contribution in [2.24, 2.45) is 5.92 Å². The first-order valence-electron chi connectivity index (χ1n) is 12.9. The van der Waals surface area contributed by atoms with Crippen molar-refractivity contribution in [2.45, 2.75) is 45.1 Å². The van der Waals surface area contributed by atoms with Gasteiger partial charge in [-0.2, -0.15) is 0 Å². The number of carboxylic acid groups (broad SMARTS) is 1. The van der Waals surface area contributed by atoms with Crippen LogP contribution in [0.5, 0.6) is 17.2 Å². The number of ether oxygens (including phenoxy) is 3. The monoisotopic (exact) mass is 512 g/mol. The zero-order valence-electron chi connectivity index (χ0n) is 21.7. The van der Waals surface area contributed by atoms with Gasteiger partial charge in [-0.05, 0) is 48.2 Å². The SMILES string of the molecule is CCCCN(OCCC)C(=O)CN1CC(c2ccc3c(c2)OCO3)C(C(=O)O)C1c1ccc(OC)cc1. The summed E-state index contributed by atoms with van der Waals surface area (Å²) in [5.74, 6) is -0.278. The molecule has 0 aromatic heterocycles. The van der Waals surface area contributed by atoms with Crippen LogP contribution in [-0.4, -0.2) is 67.1 Å². The lowest BCUT2D eigenvalue weighted by Gasteiger charge is -2.29. The van der Waals surface area contributed by atoms with Crippen LogP contribution in [0.1, 0.15) is 56.2 Å². The fourth-order valence-electron chi connectivity index (χ4n) is 5.09. The Morgan fingerprint density at radius 3 is 2.46 bits per heavy atom. The number of methoxy groups -OCH3 is 1. The maximum Gasteiger partial charge on any atom is 0.309 e. The second kappa shape index (κ2) is 12.3. The average Bonchev–Trinajstić information content (AvgIpc) is 3.53. The Labute approximate surface area is 217 Å². The van der Waals surface area contributed by atoms with Gasteiger partial charge >= 0.3 is 5.97 Å². The number of hydrogen-bond acceptors (Lipinski definition) is 7. The van der Waals surface area contributed by atoms with Crippen molar-refractivity contribution in [1.29, 1.82) is 0 Å². The van der Waals surface area contributed by atoms with E-state index >= 15 is 0 Å². The van der Waals surface area contributed by atoms with Crippen LogP contribution in [0, 0.1) is 5.92 Å². The smallest absolute Gasteiger partial charge is 0.309 e. The van der Waals surface area contributed by atoms with E-state index < -0.39 is 17.9 Å². The summed E-state index contributed by atoms with van der Waals surface area (Å²) in [6.07, 6.45) is 2.56. The number of carbonyl (C=O) groups excluding carboxylic acids is 1. The van der Waals surface area contributed by atoms with Crippen LogP contribution < -0.4 is 14.2 Å². The van der Waals surface area contributed by atoms with Gasteiger partial charge in [0, 0.05) is 25.0 Å². The summed E-state index contributed by atoms with van der Waals surface area (Å²) >= 11 is 0. The Kier molecular flexibility index (Phi) is 8.89. The van der Waals surface area contributed by atoms with Crippen molar-refractivity contribution >= 4 is 11.9 Å². The minimum Gasteiger partial charge on any atom is -0.497 e. The maximum atomic E-state index is 13.4. The number of likely N-dealkylation sites (tertiary alicyclic amines) is 1. The number of fused-ring (bicyclic) bond motifs is 1. The topological polar surface area (TPSA) is 97.8 Å². The maximum absolute atomic E-state index is 13.4. The normalized spacial score (nSPS) is 20.7. The molecule has 0 saturated carbocycles. The molecule has 2 heterocycles. The highest BCUT2D eigenvalue weighted by Gasteiger charge is 2.48. The highest BCUT2D eigenvalue weighted by atomic mass is 16.7. The first kappa shape index (κ1) is 26.8. The van der Waals surface area contributed by atoms with E-state index in [0.717, 1.165) is 30.4 Å². The van der Waals surface area contributed by atoms with Crippen LogP contribution >= 0.6 is 0 Å². The highest BCUT2D eigenvalue weighted by Crippen LogP contribution is 2.47. The minimum absolute atomic E-state index is 0.0506. The number of aliphatic carboxylic acids is 1. The molecule has 1 fully saturated rings. The Hall–Kier alpha value is -3.30. The van der Waals surface area contributed by atoms with Gasteiger partial charge in [-0.15, -0.1) is 0 Å². The van der Waals surface area contributed by atoms with Gasteiger partial charge in [-0.3, -0.25) is 19.3 Å². The van der Waals surface area contributed by atoms with E-state index in [4.69, 9.17) is 19.0 Å². The number of rotatable bonds is 12. The number of hydroxylamine groups is 2. The molecule has 0 radical (unpaired) electrons. The van der Waals surface area contributed by atoms with Gasteiger partial charge < -0.3 is 19.3 Å². The lowest BCUT2D eigenvalue weighted by molar-refractivity contribution is -0.188. The number of nitrogens with zero attached hydrogens (tertiary/aromatic N) is 2. The molecule has 3 atom stereocenters. The van der Waals surface area contributed by atoms with E-state index in [1.807, 2.05) is 54.3 Å². The van der Waals surface area contributed by atoms with Crippen LogP contribution in [0.15, 0.2) is 42.5 Å². The molecule has 1 N–H and O–H groups in total. The molecule has 0 bridgehead atoms. The van der Waals surface area contributed by atoms with Crippen molar-refractivity contribution in [3.05, 3.63) is 53.6 Å². The molecular formula is C28H36N2O7. The van der Waals surface area contributed by atoms with Crippen molar-refractivity contribution < 1.29 is 33.7 Å². The molecule has 2 aromatic rings. The molecule has 3 unspecified atom stereocenters. The third kappa shape index (κ3) is 5.99. The predicted octanol–water partition coefficient (Wildman–Crippen LogP) is 4.24. The summed E-state index contributed by atoms with van der Waals surface area (Å²) in [5, 5.41) is 11.9. The van der Waals surface area contributed by atoms with Gasteiger partial charge in [0.15, 0.2) is 11.5 Å². The van der Waals surface area contributed by atoms with Gasteiger partial charge in [0.2, 0.25) is 6.79 Å². The summed E-state index contributed by atoms with van der Waals surface area (Å²) in [6, 6.07) is 12.4. The molecule has 0 aliphatic carbocycles. The van der Waals surface area contributed by atoms with Crippen LogP contribution in [0.25, 0.3) is 0 Å². The van der Waals surface area contributed by atoms with Gasteiger partial charge in [-0.1, -0.05) is 38.5 Å². The molecule has 9 nitrogen and oxygen atoms in total. The van der Waals surface area contributed by atoms with Gasteiger partial charge in [0.05, 0.1) is 26.2 Å². The fourth-order valence-corrected chi connectivity index (χ4v) is 5.09. The second-order valence-electron chi connectivity index (χ2n) is 9.41. The number of amides is 1. The summed E-state index contributed by atoms with van der Waals surface area (Å²) in [7, 11) is 1.59. The molecule has 2 aliphatic heterocycles. The summed E-state index contributed by atoms with van der Waals surface area (Å²) in [5.41, 5.74) is 1.66. The zero-order chi connectivity index (χ0) is 26.4. The third-order valence-corrected chi connectivity index (χ3v) is 6.95. The Morgan fingerprint density at radius 1 is 1.05 bits per heavy atom. The van der Waals surface area contributed by atoms with E-state index in [-0.39, 0.29) is 25.2 Å². The predicted molar refractivity (Wildman–Crippen MR) is 137 cm³/mol. The average molecular weight is 513 g/mol. The molecule has 0 spiro atoms. The Morgan fingerprint density at radius 2 is 1.78 bits per heavy atom. The van der Waals surface area contributed by atoms with Crippen LogP contribution in [-0.2, 0) is 14.4 Å². The quantitative estimate of drug-likeness (QED) is 0.422. The van der Waals surface area contributed by atoms with Crippen LogP contribution in [0.4, 0.5) is 0 Å². The number of benzene rings is 2. The molecule has 37 heavy (non-hydrogen) atoms. The largest absolute Gasteiger partial charge is 0.497 e. The molecule has 200 valence electrons. The molecular weight excluding hydrogens is 476 g/mol. The zero-order valence-corrected chi connectivity index (χ0v) is 21.7. The van der Waals surface area contributed by atoms with Crippen molar-refractivity contribution in [1.82, 2.24) is 9.96 Å². The first-order valence-corrected chi connectivity index (χ1v) is 12.9. The van der Waals surface area contributed by atoms with Crippen molar-refractivity contribution in [3.63, 3.8) is 0 Å². The fraction of sp³-hybridized carbons (Fsp3) is 0.500. The number of hydrogen-bond donors (Lipinski definition) is 1. The summed E-state index contributed by atoms with van der Waals surface area (Å²) in [6.45, 7) is 5.61. The molecule has 2 aliphatic rings. The first-order chi connectivity index (χ1) is 18.0. The molecule has 1 amide bonds. The number of carboxylic acids is 1. The molecule has 9 heteroatoms. The van der Waals surface area contributed by atoms with E-state index in [1.54, 1.807) is 7.11 Å². The van der Waals surface area contributed by atoms with E-state index in [9.17, 15) is 14.7 Å². The summed E-state index contributed by atoms with van der Waals surface area (Å²) in [4.78, 5) is 33.9. The standard InChI is InChI=1S/C28H36N2O7/c1-4-6-13-30(37-14-5-2)25(31)17-29-16-22(20-9-12-23-24(15-20)36-18-35-23)26(28(32)33)27(29)19-7-10-21(34-3)11-8-19/h7-12,15,22,26-27H,4-6,13-14,16-18H2,1-3H3,(H,32,33).